The average molecular weight is 447 g/mol. The van der Waals surface area contributed by atoms with Crippen molar-refractivity contribution in [2.75, 3.05) is 28.4 Å². The van der Waals surface area contributed by atoms with Gasteiger partial charge in [0.15, 0.2) is 11.1 Å². The predicted octanol–water partition coefficient (Wildman–Crippen LogP) is 3.87. The van der Waals surface area contributed by atoms with Crippen LogP contribution in [0.5, 0.6) is 0 Å². The molecule has 32 heavy (non-hydrogen) atoms. The van der Waals surface area contributed by atoms with Crippen LogP contribution in [0.15, 0.2) is 45.3 Å². The summed E-state index contributed by atoms with van der Waals surface area (Å²) < 4.78 is 23.2. The molecule has 0 aromatic rings. The molecule has 0 bridgehead atoms. The molecule has 0 aromatic carbocycles. The Morgan fingerprint density at radius 2 is 1.06 bits per heavy atom. The third kappa shape index (κ3) is 4.07. The van der Waals surface area contributed by atoms with E-state index in [4.69, 9.17) is 38.9 Å². The number of nitrogens with zero attached hydrogens (tertiary/aromatic N) is 4. The molecule has 0 amide bonds. The van der Waals surface area contributed by atoms with E-state index in [0.717, 1.165) is 0 Å². The van der Waals surface area contributed by atoms with E-state index in [9.17, 15) is 0 Å². The maximum absolute atomic E-state index is 5.88. The first-order valence-electron chi connectivity index (χ1n) is 11.0. The number of rotatable bonds is 7. The third-order valence-electron chi connectivity index (χ3n) is 5.96. The van der Waals surface area contributed by atoms with E-state index in [-0.39, 0.29) is 23.9 Å². The van der Waals surface area contributed by atoms with Crippen LogP contribution >= 0.6 is 0 Å². The lowest BCUT2D eigenvalue weighted by atomic mass is 9.70. The molecule has 0 radical (unpaired) electrons. The van der Waals surface area contributed by atoms with Gasteiger partial charge in [-0.15, -0.1) is 13.2 Å². The lowest BCUT2D eigenvalue weighted by molar-refractivity contribution is 0.225. The molecule has 2 aliphatic heterocycles. The standard InChI is InChI=1S/C24H38N4O4/c1-11-13-23(21(31-9)25-17(15(3)4)19(27-23)29-7)24(14-12-2)22(32-10)26-18(16(5)6)20(28-24)30-8/h11-12,15-18H,1-2,13-14H2,3-10H3/t17-,18-,23-,24-/m0/s1. The fraction of sp³-hybridized carbons (Fsp3) is 0.667. The summed E-state index contributed by atoms with van der Waals surface area (Å²) in [5.41, 5.74) is -2.29. The number of ether oxygens (including phenoxy) is 4. The first-order chi connectivity index (χ1) is 15.2. The summed E-state index contributed by atoms with van der Waals surface area (Å²) in [5, 5.41) is 0. The minimum Gasteiger partial charge on any atom is -0.483 e. The second-order valence-electron chi connectivity index (χ2n) is 8.67. The molecule has 0 N–H and O–H groups in total. The minimum absolute atomic E-state index is 0.154. The van der Waals surface area contributed by atoms with Crippen LogP contribution in [0.4, 0.5) is 0 Å². The van der Waals surface area contributed by atoms with Crippen LogP contribution in [-0.2, 0) is 18.9 Å². The zero-order chi connectivity index (χ0) is 24.1. The molecule has 0 aromatic heterocycles. The summed E-state index contributed by atoms with van der Waals surface area (Å²) in [6, 6.07) is -0.566. The van der Waals surface area contributed by atoms with Crippen molar-refractivity contribution in [1.82, 2.24) is 0 Å². The van der Waals surface area contributed by atoms with Gasteiger partial charge in [-0.3, -0.25) is 0 Å². The molecule has 0 saturated carbocycles. The molecule has 4 atom stereocenters. The van der Waals surface area contributed by atoms with Gasteiger partial charge in [0.05, 0.1) is 28.4 Å². The quantitative estimate of drug-likeness (QED) is 0.556. The Morgan fingerprint density at radius 3 is 1.28 bits per heavy atom. The molecule has 0 saturated heterocycles. The van der Waals surface area contributed by atoms with Crippen LogP contribution in [0.1, 0.15) is 40.5 Å². The van der Waals surface area contributed by atoms with Crippen molar-refractivity contribution in [2.45, 2.75) is 63.7 Å². The molecule has 2 aliphatic rings. The van der Waals surface area contributed by atoms with E-state index >= 15 is 0 Å². The van der Waals surface area contributed by atoms with Gasteiger partial charge < -0.3 is 18.9 Å². The average Bonchev–Trinajstić information content (AvgIpc) is 2.78. The van der Waals surface area contributed by atoms with Gasteiger partial charge in [-0.1, -0.05) is 39.8 Å². The van der Waals surface area contributed by atoms with Crippen LogP contribution in [-0.4, -0.2) is 75.2 Å². The summed E-state index contributed by atoms with van der Waals surface area (Å²) in [5.74, 6) is 2.15. The van der Waals surface area contributed by atoms with Crippen molar-refractivity contribution in [3.05, 3.63) is 25.3 Å². The van der Waals surface area contributed by atoms with E-state index < -0.39 is 11.1 Å². The lowest BCUT2D eigenvalue weighted by Gasteiger charge is -2.48. The van der Waals surface area contributed by atoms with Crippen molar-refractivity contribution in [1.29, 1.82) is 0 Å². The summed E-state index contributed by atoms with van der Waals surface area (Å²) in [4.78, 5) is 20.1. The molecule has 2 rings (SSSR count). The first-order valence-corrected chi connectivity index (χ1v) is 11.0. The smallest absolute Gasteiger partial charge is 0.216 e. The zero-order valence-electron chi connectivity index (χ0n) is 20.7. The topological polar surface area (TPSA) is 86.4 Å². The van der Waals surface area contributed by atoms with Gasteiger partial charge in [0, 0.05) is 12.8 Å². The van der Waals surface area contributed by atoms with Gasteiger partial charge >= 0.3 is 0 Å². The normalized spacial score (nSPS) is 30.1. The van der Waals surface area contributed by atoms with Crippen molar-refractivity contribution >= 4 is 23.6 Å². The summed E-state index contributed by atoms with van der Waals surface area (Å²) >= 11 is 0. The number of methoxy groups -OCH3 is 4. The van der Waals surface area contributed by atoms with E-state index in [0.29, 0.717) is 36.4 Å². The Hall–Kier alpha value is -2.64. The van der Waals surface area contributed by atoms with Gasteiger partial charge in [0.1, 0.15) is 12.1 Å². The summed E-state index contributed by atoms with van der Waals surface area (Å²) in [6.45, 7) is 16.2. The number of hydrogen-bond donors (Lipinski definition) is 0. The molecule has 8 heteroatoms. The van der Waals surface area contributed by atoms with Gasteiger partial charge in [0.25, 0.3) is 0 Å². The van der Waals surface area contributed by atoms with Crippen molar-refractivity contribution < 1.29 is 18.9 Å². The molecule has 0 fully saturated rings. The Kier molecular flexibility index (Phi) is 8.26. The lowest BCUT2D eigenvalue weighted by Crippen LogP contribution is -2.66. The zero-order valence-corrected chi connectivity index (χ0v) is 20.7. The van der Waals surface area contributed by atoms with Crippen molar-refractivity contribution in [3.63, 3.8) is 0 Å². The van der Waals surface area contributed by atoms with E-state index in [1.807, 2.05) is 0 Å². The Morgan fingerprint density at radius 1 is 0.719 bits per heavy atom. The van der Waals surface area contributed by atoms with Crippen LogP contribution < -0.4 is 0 Å². The fourth-order valence-electron chi connectivity index (χ4n) is 4.39. The molecule has 178 valence electrons. The van der Waals surface area contributed by atoms with Crippen LogP contribution in [0.2, 0.25) is 0 Å². The maximum atomic E-state index is 5.88. The van der Waals surface area contributed by atoms with Gasteiger partial charge in [0.2, 0.25) is 23.6 Å². The van der Waals surface area contributed by atoms with E-state index in [1.165, 1.54) is 0 Å². The van der Waals surface area contributed by atoms with Crippen molar-refractivity contribution in [2.24, 2.45) is 31.8 Å². The highest BCUT2D eigenvalue weighted by Crippen LogP contribution is 2.45. The van der Waals surface area contributed by atoms with E-state index in [2.05, 4.69) is 40.9 Å². The van der Waals surface area contributed by atoms with Gasteiger partial charge in [-0.05, 0) is 11.8 Å². The molecule has 0 aliphatic carbocycles. The molecule has 8 nitrogen and oxygen atoms in total. The maximum Gasteiger partial charge on any atom is 0.216 e. The monoisotopic (exact) mass is 446 g/mol. The molecule has 0 unspecified atom stereocenters. The summed E-state index contributed by atoms with van der Waals surface area (Å²) in [7, 11) is 6.39. The molecule has 2 heterocycles. The van der Waals surface area contributed by atoms with E-state index in [1.54, 1.807) is 40.6 Å². The summed E-state index contributed by atoms with van der Waals surface area (Å²) in [6.07, 6.45) is 4.27. The molecule has 0 spiro atoms. The Bertz CT molecular complexity index is 762. The predicted molar refractivity (Wildman–Crippen MR) is 130 cm³/mol. The Labute approximate surface area is 192 Å². The van der Waals surface area contributed by atoms with Gasteiger partial charge in [-0.25, -0.2) is 20.0 Å². The van der Waals surface area contributed by atoms with Crippen LogP contribution in [0.3, 0.4) is 0 Å². The molecular weight excluding hydrogens is 408 g/mol. The first kappa shape index (κ1) is 25.6. The Balaban J connectivity index is 2.95. The fourth-order valence-corrected chi connectivity index (χ4v) is 4.39. The second-order valence-corrected chi connectivity index (χ2v) is 8.67. The van der Waals surface area contributed by atoms with Gasteiger partial charge in [-0.2, -0.15) is 0 Å². The number of hydrogen-bond acceptors (Lipinski definition) is 8. The van der Waals surface area contributed by atoms with Crippen molar-refractivity contribution in [3.8, 4) is 0 Å². The number of aliphatic imine (C=N–C) groups is 4. The SMILES string of the molecule is C=CC[C@]1([C@@]2(CC=C)N=C(OC)[C@H](C(C)C)N=C2OC)N=C(OC)[C@H](C(C)C)N=C1OC. The largest absolute Gasteiger partial charge is 0.483 e. The highest BCUT2D eigenvalue weighted by Gasteiger charge is 2.63. The minimum atomic E-state index is -1.14. The highest BCUT2D eigenvalue weighted by molar-refractivity contribution is 6.07. The van der Waals surface area contributed by atoms with Crippen LogP contribution in [0, 0.1) is 11.8 Å². The second kappa shape index (κ2) is 10.3. The third-order valence-corrected chi connectivity index (χ3v) is 5.96. The highest BCUT2D eigenvalue weighted by atomic mass is 16.5. The van der Waals surface area contributed by atoms with Crippen LogP contribution in [0.25, 0.3) is 0 Å². The molecular formula is C24H38N4O4.